The van der Waals surface area contributed by atoms with Crippen molar-refractivity contribution in [2.24, 2.45) is 0 Å². The minimum Gasteiger partial charge on any atom is -0.387 e. The van der Waals surface area contributed by atoms with E-state index in [2.05, 4.69) is 10.1 Å². The predicted octanol–water partition coefficient (Wildman–Crippen LogP) is -0.415. The van der Waals surface area contributed by atoms with Gasteiger partial charge in [0.15, 0.2) is 17.6 Å². The molecule has 1 saturated carbocycles. The summed E-state index contributed by atoms with van der Waals surface area (Å²) in [4.78, 5) is 3.85. The topological polar surface area (TPSA) is 106 Å². The van der Waals surface area contributed by atoms with E-state index in [1.165, 1.54) is 17.8 Å². The van der Waals surface area contributed by atoms with E-state index in [1.807, 2.05) is 0 Å². The summed E-state index contributed by atoms with van der Waals surface area (Å²) in [6, 6.07) is 3.29. The van der Waals surface area contributed by atoms with E-state index in [0.29, 0.717) is 11.2 Å². The Morgan fingerprint density at radius 2 is 2.25 bits per heavy atom. The molecule has 4 N–H and O–H groups in total. The first-order chi connectivity index (χ1) is 9.41. The number of anilines is 1. The molecule has 2 aliphatic rings. The lowest BCUT2D eigenvalue weighted by atomic mass is 10.1. The minimum atomic E-state index is -1.86. The molecule has 2 fully saturated rings. The molecule has 1 saturated heterocycles. The van der Waals surface area contributed by atoms with Crippen LogP contribution < -0.4 is 5.73 Å². The fraction of sp³-hybridized carbons (Fsp3) is 0.500. The van der Waals surface area contributed by atoms with Crippen LogP contribution in [0.5, 0.6) is 0 Å². The van der Waals surface area contributed by atoms with Crippen LogP contribution in [-0.2, 0) is 4.74 Å². The van der Waals surface area contributed by atoms with Gasteiger partial charge in [-0.1, -0.05) is 0 Å². The lowest BCUT2D eigenvalue weighted by Crippen LogP contribution is -2.31. The fourth-order valence-electron chi connectivity index (χ4n) is 3.11. The maximum Gasteiger partial charge on any atom is 0.166 e. The maximum absolute atomic E-state index is 14.5. The number of aliphatic hydroxyl groups is 2. The SMILES string of the molecule is C[C@]12O[C@@H](c3ccc4c(N)ncnn34)[C@H](F)[C@@]1(O)C2O. The van der Waals surface area contributed by atoms with Gasteiger partial charge < -0.3 is 20.7 Å². The Bertz CT molecular complexity index is 722. The lowest BCUT2D eigenvalue weighted by molar-refractivity contribution is -0.0534. The number of hydrogen-bond donors (Lipinski definition) is 3. The summed E-state index contributed by atoms with van der Waals surface area (Å²) in [7, 11) is 0. The molecule has 20 heavy (non-hydrogen) atoms. The average molecular weight is 280 g/mol. The van der Waals surface area contributed by atoms with Gasteiger partial charge in [-0.05, 0) is 19.1 Å². The lowest BCUT2D eigenvalue weighted by Gasteiger charge is -2.19. The van der Waals surface area contributed by atoms with E-state index in [0.717, 1.165) is 0 Å². The molecular formula is C12H13FN4O3. The van der Waals surface area contributed by atoms with Gasteiger partial charge in [-0.25, -0.2) is 13.9 Å². The van der Waals surface area contributed by atoms with Gasteiger partial charge in [-0.2, -0.15) is 5.10 Å². The summed E-state index contributed by atoms with van der Waals surface area (Å²) in [6.07, 6.45) is -2.70. The molecule has 0 bridgehead atoms. The van der Waals surface area contributed by atoms with Gasteiger partial charge in [0.2, 0.25) is 0 Å². The molecule has 106 valence electrons. The van der Waals surface area contributed by atoms with Crippen molar-refractivity contribution in [3.05, 3.63) is 24.2 Å². The van der Waals surface area contributed by atoms with E-state index < -0.39 is 29.6 Å². The highest BCUT2D eigenvalue weighted by Gasteiger charge is 2.85. The van der Waals surface area contributed by atoms with Gasteiger partial charge in [0.1, 0.15) is 29.7 Å². The quantitative estimate of drug-likeness (QED) is 0.655. The predicted molar refractivity (Wildman–Crippen MR) is 65.5 cm³/mol. The van der Waals surface area contributed by atoms with Gasteiger partial charge in [-0.3, -0.25) is 0 Å². The molecule has 0 radical (unpaired) electrons. The Balaban J connectivity index is 1.81. The smallest absolute Gasteiger partial charge is 0.166 e. The minimum absolute atomic E-state index is 0.273. The number of rotatable bonds is 1. The third kappa shape index (κ3) is 1.07. The molecule has 7 nitrogen and oxygen atoms in total. The first-order valence-electron chi connectivity index (χ1n) is 6.21. The first-order valence-corrected chi connectivity index (χ1v) is 6.21. The molecule has 0 spiro atoms. The van der Waals surface area contributed by atoms with E-state index >= 15 is 0 Å². The molecule has 8 heteroatoms. The number of ether oxygens (including phenoxy) is 1. The molecule has 0 amide bonds. The zero-order valence-electron chi connectivity index (χ0n) is 10.6. The van der Waals surface area contributed by atoms with Crippen LogP contribution in [0.1, 0.15) is 18.7 Å². The standard InChI is InChI=1S/C12H13FN4O3/c1-11-10(18)12(11,19)8(13)7(20-11)5-2-3-6-9(14)15-4-16-17(5)6/h2-4,7-8,10,18-19H,1H3,(H2,14,15,16)/t7-,8-,10?,11+,12+/m0/s1. The van der Waals surface area contributed by atoms with Gasteiger partial charge >= 0.3 is 0 Å². The summed E-state index contributed by atoms with van der Waals surface area (Å²) >= 11 is 0. The van der Waals surface area contributed by atoms with Gasteiger partial charge in [-0.15, -0.1) is 0 Å². The highest BCUT2D eigenvalue weighted by Crippen LogP contribution is 2.64. The Morgan fingerprint density at radius 1 is 1.50 bits per heavy atom. The molecule has 2 aromatic rings. The van der Waals surface area contributed by atoms with Crippen molar-refractivity contribution in [2.75, 3.05) is 5.73 Å². The third-order valence-corrected chi connectivity index (χ3v) is 4.51. The molecule has 5 atom stereocenters. The van der Waals surface area contributed by atoms with Crippen molar-refractivity contribution in [3.63, 3.8) is 0 Å². The van der Waals surface area contributed by atoms with Gasteiger partial charge in [0.25, 0.3) is 0 Å². The number of halogens is 1. The van der Waals surface area contributed by atoms with Crippen molar-refractivity contribution < 1.29 is 19.3 Å². The number of nitrogen functional groups attached to an aromatic ring is 1. The zero-order chi connectivity index (χ0) is 14.3. The molecule has 0 aromatic carbocycles. The van der Waals surface area contributed by atoms with Crippen molar-refractivity contribution in [1.82, 2.24) is 14.6 Å². The summed E-state index contributed by atoms with van der Waals surface area (Å²) in [5.74, 6) is 0.273. The van der Waals surface area contributed by atoms with Crippen LogP contribution in [0.3, 0.4) is 0 Å². The molecule has 4 rings (SSSR count). The summed E-state index contributed by atoms with van der Waals surface area (Å²) in [5.41, 5.74) is 3.54. The van der Waals surface area contributed by atoms with E-state index in [-0.39, 0.29) is 5.82 Å². The van der Waals surface area contributed by atoms with Crippen LogP contribution in [0.4, 0.5) is 10.2 Å². The molecule has 1 aliphatic carbocycles. The second-order valence-electron chi connectivity index (χ2n) is 5.48. The summed E-state index contributed by atoms with van der Waals surface area (Å²) in [6.45, 7) is 1.49. The molecular weight excluding hydrogens is 267 g/mol. The van der Waals surface area contributed by atoms with E-state index in [1.54, 1.807) is 12.1 Å². The highest BCUT2D eigenvalue weighted by atomic mass is 19.1. The van der Waals surface area contributed by atoms with E-state index in [9.17, 15) is 14.6 Å². The molecule has 3 heterocycles. The molecule has 1 unspecified atom stereocenters. The summed E-state index contributed by atoms with van der Waals surface area (Å²) in [5, 5.41) is 23.8. The Labute approximate surface area is 112 Å². The van der Waals surface area contributed by atoms with Gasteiger partial charge in [0, 0.05) is 0 Å². The largest absolute Gasteiger partial charge is 0.387 e. The normalized spacial score (nSPS) is 42.9. The van der Waals surface area contributed by atoms with Crippen LogP contribution in [0, 0.1) is 0 Å². The van der Waals surface area contributed by atoms with Crippen molar-refractivity contribution >= 4 is 11.3 Å². The number of fused-ring (bicyclic) bond motifs is 2. The number of nitrogens with two attached hydrogens (primary N) is 1. The Hall–Kier alpha value is -1.77. The third-order valence-electron chi connectivity index (χ3n) is 4.51. The van der Waals surface area contributed by atoms with Gasteiger partial charge in [0.05, 0.1) is 5.69 Å². The Morgan fingerprint density at radius 3 is 2.90 bits per heavy atom. The zero-order valence-corrected chi connectivity index (χ0v) is 10.6. The van der Waals surface area contributed by atoms with E-state index in [4.69, 9.17) is 10.5 Å². The van der Waals surface area contributed by atoms with Crippen LogP contribution in [0.15, 0.2) is 18.5 Å². The maximum atomic E-state index is 14.5. The van der Waals surface area contributed by atoms with Crippen molar-refractivity contribution in [3.8, 4) is 0 Å². The van der Waals surface area contributed by atoms with Crippen LogP contribution in [0.2, 0.25) is 0 Å². The second-order valence-corrected chi connectivity index (χ2v) is 5.48. The first kappa shape index (κ1) is 12.0. The summed E-state index contributed by atoms with van der Waals surface area (Å²) < 4.78 is 21.5. The van der Waals surface area contributed by atoms with Crippen LogP contribution in [-0.4, -0.2) is 48.3 Å². The second kappa shape index (κ2) is 3.27. The molecule has 1 aliphatic heterocycles. The van der Waals surface area contributed by atoms with Crippen molar-refractivity contribution in [1.29, 1.82) is 0 Å². The number of aliphatic hydroxyl groups excluding tert-OH is 1. The van der Waals surface area contributed by atoms with Crippen LogP contribution >= 0.6 is 0 Å². The number of hydrogen-bond acceptors (Lipinski definition) is 6. The highest BCUT2D eigenvalue weighted by molar-refractivity contribution is 5.65. The van der Waals surface area contributed by atoms with Crippen LogP contribution in [0.25, 0.3) is 5.52 Å². The monoisotopic (exact) mass is 280 g/mol. The number of nitrogens with zero attached hydrogens (tertiary/aromatic N) is 3. The molecule has 2 aromatic heterocycles. The fourth-order valence-corrected chi connectivity index (χ4v) is 3.11. The average Bonchev–Trinajstić information content (AvgIpc) is 2.78. The number of aromatic nitrogens is 3. The Kier molecular flexibility index (Phi) is 1.97. The van der Waals surface area contributed by atoms with Crippen molar-refractivity contribution in [2.45, 2.75) is 36.5 Å². The number of alkyl halides is 1.